The lowest BCUT2D eigenvalue weighted by molar-refractivity contribution is -0.137. The number of nitrogens with zero attached hydrogens (tertiary/aromatic N) is 3. The molecule has 1 N–H and O–H groups in total. The Morgan fingerprint density at radius 1 is 1.11 bits per heavy atom. The standard InChI is InChI=1S/C19H28FN3O4/c20-17-3-1-2-4-18(17)27-15-16(24)13-21-5-7-22(8-6-21)14-19(25)23-9-11-26-12-10-23/h1-4,16,24H,5-15H2. The number of amides is 1. The van der Waals surface area contributed by atoms with Crippen molar-refractivity contribution in [3.05, 3.63) is 30.1 Å². The van der Waals surface area contributed by atoms with Crippen molar-refractivity contribution in [2.24, 2.45) is 0 Å². The zero-order valence-corrected chi connectivity index (χ0v) is 15.6. The molecule has 0 spiro atoms. The zero-order valence-electron chi connectivity index (χ0n) is 15.6. The van der Waals surface area contributed by atoms with E-state index in [4.69, 9.17) is 9.47 Å². The minimum absolute atomic E-state index is 0.0522. The molecule has 1 amide bonds. The lowest BCUT2D eigenvalue weighted by Gasteiger charge is -2.36. The predicted molar refractivity (Wildman–Crippen MR) is 98.2 cm³/mol. The van der Waals surface area contributed by atoms with Gasteiger partial charge in [0.1, 0.15) is 12.7 Å². The van der Waals surface area contributed by atoms with Crippen molar-refractivity contribution >= 4 is 5.91 Å². The highest BCUT2D eigenvalue weighted by Gasteiger charge is 2.24. The summed E-state index contributed by atoms with van der Waals surface area (Å²) in [5.41, 5.74) is 0. The molecule has 2 saturated heterocycles. The second-order valence-corrected chi connectivity index (χ2v) is 6.97. The molecule has 0 saturated carbocycles. The van der Waals surface area contributed by atoms with Crippen LogP contribution in [0.15, 0.2) is 24.3 Å². The number of aliphatic hydroxyl groups excluding tert-OH is 1. The van der Waals surface area contributed by atoms with Crippen LogP contribution in [0.4, 0.5) is 4.39 Å². The smallest absolute Gasteiger partial charge is 0.236 e. The topological polar surface area (TPSA) is 65.5 Å². The molecular weight excluding hydrogens is 353 g/mol. The minimum atomic E-state index is -0.689. The minimum Gasteiger partial charge on any atom is -0.488 e. The Balaban J connectivity index is 1.34. The van der Waals surface area contributed by atoms with Gasteiger partial charge in [-0.1, -0.05) is 12.1 Å². The van der Waals surface area contributed by atoms with Gasteiger partial charge in [-0.3, -0.25) is 14.6 Å². The molecule has 2 heterocycles. The molecule has 2 aliphatic heterocycles. The lowest BCUT2D eigenvalue weighted by Crippen LogP contribution is -2.52. The van der Waals surface area contributed by atoms with Gasteiger partial charge in [0.15, 0.2) is 11.6 Å². The third-order valence-corrected chi connectivity index (χ3v) is 4.92. The maximum atomic E-state index is 13.5. The van der Waals surface area contributed by atoms with Gasteiger partial charge in [-0.05, 0) is 12.1 Å². The molecule has 0 aliphatic carbocycles. The van der Waals surface area contributed by atoms with E-state index >= 15 is 0 Å². The van der Waals surface area contributed by atoms with Gasteiger partial charge in [-0.25, -0.2) is 4.39 Å². The molecule has 1 aromatic carbocycles. The molecule has 2 aliphatic rings. The van der Waals surface area contributed by atoms with E-state index < -0.39 is 11.9 Å². The average Bonchev–Trinajstić information content (AvgIpc) is 2.69. The maximum absolute atomic E-state index is 13.5. The molecule has 0 bridgehead atoms. The van der Waals surface area contributed by atoms with E-state index in [1.807, 2.05) is 4.90 Å². The molecular formula is C19H28FN3O4. The molecule has 7 nitrogen and oxygen atoms in total. The first-order valence-corrected chi connectivity index (χ1v) is 9.47. The molecule has 1 unspecified atom stereocenters. The number of piperazine rings is 1. The van der Waals surface area contributed by atoms with Crippen LogP contribution in [0.5, 0.6) is 5.75 Å². The van der Waals surface area contributed by atoms with Gasteiger partial charge in [0.2, 0.25) is 5.91 Å². The Kier molecular flexibility index (Phi) is 7.40. The van der Waals surface area contributed by atoms with Gasteiger partial charge in [0.25, 0.3) is 0 Å². The zero-order chi connectivity index (χ0) is 19.1. The summed E-state index contributed by atoms with van der Waals surface area (Å²) in [6.07, 6.45) is -0.689. The largest absolute Gasteiger partial charge is 0.488 e. The van der Waals surface area contributed by atoms with E-state index in [9.17, 15) is 14.3 Å². The van der Waals surface area contributed by atoms with Crippen LogP contribution in [0.2, 0.25) is 0 Å². The molecule has 3 rings (SSSR count). The molecule has 150 valence electrons. The molecule has 8 heteroatoms. The maximum Gasteiger partial charge on any atom is 0.236 e. The van der Waals surface area contributed by atoms with Crippen LogP contribution in [-0.2, 0) is 9.53 Å². The van der Waals surface area contributed by atoms with Crippen LogP contribution in [0.1, 0.15) is 0 Å². The number of para-hydroxylation sites is 1. The lowest BCUT2D eigenvalue weighted by atomic mass is 10.2. The Bertz CT molecular complexity index is 604. The second-order valence-electron chi connectivity index (χ2n) is 6.97. The SMILES string of the molecule is O=C(CN1CCN(CC(O)COc2ccccc2F)CC1)N1CCOCC1. The van der Waals surface area contributed by atoms with Crippen molar-refractivity contribution in [1.82, 2.24) is 14.7 Å². The highest BCUT2D eigenvalue weighted by atomic mass is 19.1. The third kappa shape index (κ3) is 6.14. The molecule has 0 aromatic heterocycles. The van der Waals surface area contributed by atoms with Gasteiger partial charge in [0, 0.05) is 45.8 Å². The van der Waals surface area contributed by atoms with Crippen molar-refractivity contribution in [2.75, 3.05) is 72.2 Å². The highest BCUT2D eigenvalue weighted by molar-refractivity contribution is 5.78. The van der Waals surface area contributed by atoms with Gasteiger partial charge in [-0.2, -0.15) is 0 Å². The Labute approximate surface area is 159 Å². The van der Waals surface area contributed by atoms with Gasteiger partial charge in [-0.15, -0.1) is 0 Å². The number of morpholine rings is 1. The van der Waals surface area contributed by atoms with Crippen LogP contribution in [0.25, 0.3) is 0 Å². The summed E-state index contributed by atoms with van der Waals surface area (Å²) < 4.78 is 24.2. The molecule has 2 fully saturated rings. The van der Waals surface area contributed by atoms with E-state index in [1.54, 1.807) is 18.2 Å². The van der Waals surface area contributed by atoms with Crippen LogP contribution < -0.4 is 4.74 Å². The van der Waals surface area contributed by atoms with E-state index in [-0.39, 0.29) is 18.3 Å². The Hall–Kier alpha value is -1.74. The number of rotatable bonds is 7. The third-order valence-electron chi connectivity index (χ3n) is 4.92. The summed E-state index contributed by atoms with van der Waals surface area (Å²) in [4.78, 5) is 18.5. The van der Waals surface area contributed by atoms with E-state index in [0.717, 1.165) is 26.2 Å². The number of benzene rings is 1. The van der Waals surface area contributed by atoms with Crippen molar-refractivity contribution in [1.29, 1.82) is 0 Å². The fourth-order valence-corrected chi connectivity index (χ4v) is 3.33. The van der Waals surface area contributed by atoms with Crippen LogP contribution in [-0.4, -0.2) is 104 Å². The predicted octanol–water partition coefficient (Wildman–Crippen LogP) is 0.0418. The van der Waals surface area contributed by atoms with Crippen LogP contribution >= 0.6 is 0 Å². The normalized spacial score (nSPS) is 20.4. The first-order valence-electron chi connectivity index (χ1n) is 9.47. The number of hydrogen-bond acceptors (Lipinski definition) is 6. The van der Waals surface area contributed by atoms with Gasteiger partial charge < -0.3 is 19.5 Å². The van der Waals surface area contributed by atoms with Crippen molar-refractivity contribution < 1.29 is 23.8 Å². The Morgan fingerprint density at radius 3 is 2.48 bits per heavy atom. The number of β-amino-alcohol motifs (C(OH)–C–C–N with tert-alkyl or cyclic N) is 1. The van der Waals surface area contributed by atoms with E-state index in [0.29, 0.717) is 39.4 Å². The average molecular weight is 381 g/mol. The quantitative estimate of drug-likeness (QED) is 0.720. The first-order chi connectivity index (χ1) is 13.1. The van der Waals surface area contributed by atoms with E-state index in [2.05, 4.69) is 9.80 Å². The van der Waals surface area contributed by atoms with Crippen LogP contribution in [0.3, 0.4) is 0 Å². The highest BCUT2D eigenvalue weighted by Crippen LogP contribution is 2.15. The number of carbonyl (C=O) groups is 1. The van der Waals surface area contributed by atoms with Crippen LogP contribution in [0, 0.1) is 5.82 Å². The fraction of sp³-hybridized carbons (Fsp3) is 0.632. The summed E-state index contributed by atoms with van der Waals surface area (Å²) in [5.74, 6) is -0.115. The van der Waals surface area contributed by atoms with Crippen molar-refractivity contribution in [2.45, 2.75) is 6.10 Å². The summed E-state index contributed by atoms with van der Waals surface area (Å²) >= 11 is 0. The van der Waals surface area contributed by atoms with Crippen molar-refractivity contribution in [3.8, 4) is 5.75 Å². The fourth-order valence-electron chi connectivity index (χ4n) is 3.33. The monoisotopic (exact) mass is 381 g/mol. The molecule has 1 aromatic rings. The molecule has 0 radical (unpaired) electrons. The molecule has 27 heavy (non-hydrogen) atoms. The number of ether oxygens (including phenoxy) is 2. The number of carbonyl (C=O) groups excluding carboxylic acids is 1. The second kappa shape index (κ2) is 9.98. The van der Waals surface area contributed by atoms with Gasteiger partial charge >= 0.3 is 0 Å². The summed E-state index contributed by atoms with van der Waals surface area (Å²) in [7, 11) is 0. The molecule has 1 atom stereocenters. The number of halogens is 1. The summed E-state index contributed by atoms with van der Waals surface area (Å²) in [5, 5.41) is 10.2. The number of hydrogen-bond donors (Lipinski definition) is 1. The Morgan fingerprint density at radius 2 is 1.78 bits per heavy atom. The van der Waals surface area contributed by atoms with Crippen molar-refractivity contribution in [3.63, 3.8) is 0 Å². The first kappa shape index (κ1) is 20.0. The number of aliphatic hydroxyl groups is 1. The summed E-state index contributed by atoms with van der Waals surface area (Å²) in [6.45, 7) is 6.69. The van der Waals surface area contributed by atoms with Gasteiger partial charge in [0.05, 0.1) is 19.8 Å². The summed E-state index contributed by atoms with van der Waals surface area (Å²) in [6, 6.07) is 6.18. The van der Waals surface area contributed by atoms with E-state index in [1.165, 1.54) is 6.07 Å².